The Kier molecular flexibility index (Phi) is 1.92. The highest BCUT2D eigenvalue weighted by Crippen LogP contribution is 2.24. The number of rotatable bonds is 2. The predicted molar refractivity (Wildman–Crippen MR) is 53.3 cm³/mol. The van der Waals surface area contributed by atoms with Crippen LogP contribution in [0.2, 0.25) is 0 Å². The van der Waals surface area contributed by atoms with Gasteiger partial charge >= 0.3 is 0 Å². The van der Waals surface area contributed by atoms with Crippen LogP contribution in [0.15, 0.2) is 11.7 Å². The molecular weight excluding hydrogens is 184 g/mol. The van der Waals surface area contributed by atoms with Gasteiger partial charge < -0.3 is 4.57 Å². The summed E-state index contributed by atoms with van der Waals surface area (Å²) in [6.45, 7) is 4.49. The SMILES string of the molecule is CCn1cc(C(C)=O)c2scnc21. The van der Waals surface area contributed by atoms with Crippen molar-refractivity contribution in [3.05, 3.63) is 17.3 Å². The van der Waals surface area contributed by atoms with Gasteiger partial charge in [0.2, 0.25) is 0 Å². The number of carbonyl (C=O) groups excluding carboxylic acids is 1. The molecule has 0 amide bonds. The Morgan fingerprint density at radius 3 is 3.08 bits per heavy atom. The molecule has 68 valence electrons. The first-order valence-electron chi connectivity index (χ1n) is 4.17. The lowest BCUT2D eigenvalue weighted by Gasteiger charge is -1.93. The van der Waals surface area contributed by atoms with Crippen LogP contribution in [0.25, 0.3) is 10.3 Å². The molecule has 0 aliphatic rings. The van der Waals surface area contributed by atoms with Crippen molar-refractivity contribution in [3.63, 3.8) is 0 Å². The van der Waals surface area contributed by atoms with Gasteiger partial charge in [-0.1, -0.05) is 0 Å². The number of nitrogens with zero attached hydrogens (tertiary/aromatic N) is 2. The van der Waals surface area contributed by atoms with Crippen molar-refractivity contribution in [2.45, 2.75) is 20.4 Å². The number of aryl methyl sites for hydroxylation is 1. The summed E-state index contributed by atoms with van der Waals surface area (Å²) in [7, 11) is 0. The van der Waals surface area contributed by atoms with Crippen LogP contribution in [0.1, 0.15) is 24.2 Å². The second kappa shape index (κ2) is 2.96. The van der Waals surface area contributed by atoms with E-state index in [-0.39, 0.29) is 5.78 Å². The third-order valence-corrected chi connectivity index (χ3v) is 2.92. The Labute approximate surface area is 80.0 Å². The number of thiazole rings is 1. The summed E-state index contributed by atoms with van der Waals surface area (Å²) < 4.78 is 3.01. The van der Waals surface area contributed by atoms with E-state index in [0.717, 1.165) is 22.5 Å². The van der Waals surface area contributed by atoms with Gasteiger partial charge in [0.15, 0.2) is 11.4 Å². The van der Waals surface area contributed by atoms with Crippen LogP contribution in [-0.2, 0) is 6.54 Å². The second-order valence-electron chi connectivity index (χ2n) is 2.89. The fraction of sp³-hybridized carbons (Fsp3) is 0.333. The molecule has 2 heterocycles. The summed E-state index contributed by atoms with van der Waals surface area (Å²) in [6, 6.07) is 0. The number of ketones is 1. The summed E-state index contributed by atoms with van der Waals surface area (Å²) in [5.74, 6) is 0.112. The molecule has 2 aromatic rings. The highest BCUT2D eigenvalue weighted by molar-refractivity contribution is 7.17. The van der Waals surface area contributed by atoms with E-state index in [1.54, 1.807) is 12.4 Å². The van der Waals surface area contributed by atoms with Crippen LogP contribution in [0.4, 0.5) is 0 Å². The molecule has 0 radical (unpaired) electrons. The van der Waals surface area contributed by atoms with Crippen molar-refractivity contribution in [1.29, 1.82) is 0 Å². The number of Topliss-reactive ketones (excluding diaryl/α,β-unsaturated/α-hetero) is 1. The van der Waals surface area contributed by atoms with E-state index in [2.05, 4.69) is 4.98 Å². The van der Waals surface area contributed by atoms with Gasteiger partial charge in [-0.3, -0.25) is 4.79 Å². The first-order chi connectivity index (χ1) is 6.24. The van der Waals surface area contributed by atoms with E-state index >= 15 is 0 Å². The molecule has 0 aromatic carbocycles. The molecule has 2 rings (SSSR count). The van der Waals surface area contributed by atoms with Crippen LogP contribution in [0, 0.1) is 0 Å². The Hall–Kier alpha value is -1.16. The van der Waals surface area contributed by atoms with Crippen LogP contribution in [0.3, 0.4) is 0 Å². The molecule has 0 saturated heterocycles. The van der Waals surface area contributed by atoms with E-state index in [4.69, 9.17) is 0 Å². The minimum atomic E-state index is 0.112. The Morgan fingerprint density at radius 1 is 1.69 bits per heavy atom. The highest BCUT2D eigenvalue weighted by atomic mass is 32.1. The van der Waals surface area contributed by atoms with Crippen molar-refractivity contribution in [2.24, 2.45) is 0 Å². The molecule has 0 bridgehead atoms. The standard InChI is InChI=1S/C9H10N2OS/c1-3-11-4-7(6(2)12)8-9(11)10-5-13-8/h4-5H,3H2,1-2H3. The topological polar surface area (TPSA) is 34.9 Å². The molecule has 0 aliphatic heterocycles. The minimum Gasteiger partial charge on any atom is -0.331 e. The molecule has 13 heavy (non-hydrogen) atoms. The van der Waals surface area contributed by atoms with Gasteiger partial charge in [0.1, 0.15) is 0 Å². The zero-order valence-electron chi connectivity index (χ0n) is 7.57. The fourth-order valence-electron chi connectivity index (χ4n) is 1.40. The van der Waals surface area contributed by atoms with Gasteiger partial charge in [-0.05, 0) is 13.8 Å². The third-order valence-electron chi connectivity index (χ3n) is 2.07. The Bertz CT molecular complexity index is 455. The molecule has 4 heteroatoms. The van der Waals surface area contributed by atoms with Gasteiger partial charge in [-0.2, -0.15) is 0 Å². The normalized spacial score (nSPS) is 10.9. The van der Waals surface area contributed by atoms with Gasteiger partial charge in [-0.15, -0.1) is 11.3 Å². The minimum absolute atomic E-state index is 0.112. The molecular formula is C9H10N2OS. The van der Waals surface area contributed by atoms with Gasteiger partial charge in [0, 0.05) is 12.7 Å². The van der Waals surface area contributed by atoms with Crippen LogP contribution in [-0.4, -0.2) is 15.3 Å². The maximum Gasteiger partial charge on any atom is 0.162 e. The monoisotopic (exact) mass is 194 g/mol. The summed E-state index contributed by atoms with van der Waals surface area (Å²) in [4.78, 5) is 15.5. The van der Waals surface area contributed by atoms with Crippen molar-refractivity contribution in [2.75, 3.05) is 0 Å². The van der Waals surface area contributed by atoms with E-state index in [9.17, 15) is 4.79 Å². The quantitative estimate of drug-likeness (QED) is 0.688. The molecule has 0 atom stereocenters. The first-order valence-corrected chi connectivity index (χ1v) is 5.05. The maximum absolute atomic E-state index is 11.3. The fourth-order valence-corrected chi connectivity index (χ4v) is 2.25. The molecule has 0 spiro atoms. The highest BCUT2D eigenvalue weighted by Gasteiger charge is 2.12. The van der Waals surface area contributed by atoms with E-state index in [1.807, 2.05) is 17.7 Å². The lowest BCUT2D eigenvalue weighted by molar-refractivity contribution is 0.101. The van der Waals surface area contributed by atoms with Crippen molar-refractivity contribution < 1.29 is 4.79 Å². The molecule has 0 aliphatic carbocycles. The van der Waals surface area contributed by atoms with E-state index in [0.29, 0.717) is 0 Å². The average molecular weight is 194 g/mol. The van der Waals surface area contributed by atoms with Gasteiger partial charge in [-0.25, -0.2) is 4.98 Å². The van der Waals surface area contributed by atoms with Crippen molar-refractivity contribution in [1.82, 2.24) is 9.55 Å². The van der Waals surface area contributed by atoms with Crippen LogP contribution >= 0.6 is 11.3 Å². The van der Waals surface area contributed by atoms with Crippen LogP contribution in [0.5, 0.6) is 0 Å². The summed E-state index contributed by atoms with van der Waals surface area (Å²) in [5.41, 5.74) is 3.50. The Morgan fingerprint density at radius 2 is 2.46 bits per heavy atom. The zero-order chi connectivity index (χ0) is 9.42. The summed E-state index contributed by atoms with van der Waals surface area (Å²) in [6.07, 6.45) is 1.89. The van der Waals surface area contributed by atoms with Crippen LogP contribution < -0.4 is 0 Å². The van der Waals surface area contributed by atoms with Crippen molar-refractivity contribution >= 4 is 27.5 Å². The second-order valence-corrected chi connectivity index (χ2v) is 3.74. The number of hydrogen-bond acceptors (Lipinski definition) is 3. The maximum atomic E-state index is 11.3. The molecule has 0 unspecified atom stereocenters. The van der Waals surface area contributed by atoms with Gasteiger partial charge in [0.25, 0.3) is 0 Å². The van der Waals surface area contributed by atoms with E-state index in [1.165, 1.54) is 11.3 Å². The predicted octanol–water partition coefficient (Wildman–Crippen LogP) is 2.32. The first kappa shape index (κ1) is 8.44. The average Bonchev–Trinajstić information content (AvgIpc) is 2.61. The lowest BCUT2D eigenvalue weighted by atomic mass is 10.2. The smallest absolute Gasteiger partial charge is 0.162 e. The summed E-state index contributed by atoms with van der Waals surface area (Å²) in [5, 5.41) is 0. The molecule has 0 saturated carbocycles. The lowest BCUT2D eigenvalue weighted by Crippen LogP contribution is -1.92. The summed E-state index contributed by atoms with van der Waals surface area (Å²) >= 11 is 1.53. The third kappa shape index (κ3) is 1.18. The zero-order valence-corrected chi connectivity index (χ0v) is 8.39. The van der Waals surface area contributed by atoms with Crippen molar-refractivity contribution in [3.8, 4) is 0 Å². The molecule has 2 aromatic heterocycles. The Balaban J connectivity index is 2.75. The number of hydrogen-bond donors (Lipinski definition) is 0. The van der Waals surface area contributed by atoms with Gasteiger partial charge in [0.05, 0.1) is 15.8 Å². The molecule has 3 nitrogen and oxygen atoms in total. The number of fused-ring (bicyclic) bond motifs is 1. The number of carbonyl (C=O) groups is 1. The van der Waals surface area contributed by atoms with E-state index < -0.39 is 0 Å². The largest absolute Gasteiger partial charge is 0.331 e. The number of aromatic nitrogens is 2. The molecule has 0 N–H and O–H groups in total. The molecule has 0 fully saturated rings.